The van der Waals surface area contributed by atoms with Crippen molar-refractivity contribution in [1.29, 1.82) is 5.26 Å². The number of rotatable bonds is 2. The van der Waals surface area contributed by atoms with Gasteiger partial charge in [0.05, 0.1) is 6.61 Å². The summed E-state index contributed by atoms with van der Waals surface area (Å²) in [7, 11) is 0. The van der Waals surface area contributed by atoms with E-state index >= 15 is 0 Å². The van der Waals surface area contributed by atoms with Gasteiger partial charge in [-0.15, -0.1) is 6.42 Å². The van der Waals surface area contributed by atoms with E-state index in [4.69, 9.17) is 16.4 Å². The van der Waals surface area contributed by atoms with Crippen LogP contribution in [-0.2, 0) is 4.74 Å². The van der Waals surface area contributed by atoms with Gasteiger partial charge in [-0.05, 0) is 0 Å². The summed E-state index contributed by atoms with van der Waals surface area (Å²) in [6.45, 7) is -0.621. The minimum absolute atomic E-state index is 0.0540. The number of nitrogens with one attached hydrogen (secondary N) is 1. The van der Waals surface area contributed by atoms with Crippen molar-refractivity contribution in [2.24, 2.45) is 0 Å². The highest BCUT2D eigenvalue weighted by Crippen LogP contribution is 2.35. The van der Waals surface area contributed by atoms with Crippen molar-refractivity contribution in [3.8, 4) is 18.4 Å². The molecule has 3 atom stereocenters. The van der Waals surface area contributed by atoms with Gasteiger partial charge in [0.2, 0.25) is 0 Å². The summed E-state index contributed by atoms with van der Waals surface area (Å²) < 4.78 is 6.32. The molecule has 0 saturated carbocycles. The van der Waals surface area contributed by atoms with Crippen LogP contribution in [0, 0.1) is 23.7 Å². The summed E-state index contributed by atoms with van der Waals surface area (Å²) in [5.41, 5.74) is -3.48. The SMILES string of the molecule is C#C[C@]1(CO)O[C@@H](n2cc(C#N)c(=O)[nH]c2=O)C[C@@H]1O. The van der Waals surface area contributed by atoms with E-state index in [2.05, 4.69) is 5.92 Å². The van der Waals surface area contributed by atoms with Crippen molar-refractivity contribution in [2.75, 3.05) is 6.61 Å². The lowest BCUT2D eigenvalue weighted by Crippen LogP contribution is -2.41. The summed E-state index contributed by atoms with van der Waals surface area (Å²) >= 11 is 0. The number of aromatic amines is 1. The molecule has 0 unspecified atom stereocenters. The first kappa shape index (κ1) is 14.0. The van der Waals surface area contributed by atoms with Gasteiger partial charge in [-0.2, -0.15) is 5.26 Å². The molecule has 0 aliphatic carbocycles. The van der Waals surface area contributed by atoms with Crippen LogP contribution in [0.3, 0.4) is 0 Å². The molecule has 1 aliphatic heterocycles. The van der Waals surface area contributed by atoms with Gasteiger partial charge in [-0.25, -0.2) is 4.79 Å². The second-order valence-corrected chi connectivity index (χ2v) is 4.34. The van der Waals surface area contributed by atoms with E-state index in [9.17, 15) is 19.8 Å². The van der Waals surface area contributed by atoms with E-state index < -0.39 is 35.8 Å². The van der Waals surface area contributed by atoms with Gasteiger partial charge >= 0.3 is 5.69 Å². The monoisotopic (exact) mass is 277 g/mol. The summed E-state index contributed by atoms with van der Waals surface area (Å²) in [4.78, 5) is 25.0. The normalized spacial score (nSPS) is 28.8. The van der Waals surface area contributed by atoms with Crippen LogP contribution in [0.1, 0.15) is 18.2 Å². The van der Waals surface area contributed by atoms with Crippen LogP contribution in [0.15, 0.2) is 15.8 Å². The molecule has 0 amide bonds. The van der Waals surface area contributed by atoms with Crippen LogP contribution in [0.5, 0.6) is 0 Å². The van der Waals surface area contributed by atoms with Gasteiger partial charge in [0, 0.05) is 12.6 Å². The molecule has 1 aromatic heterocycles. The highest BCUT2D eigenvalue weighted by Gasteiger charge is 2.47. The lowest BCUT2D eigenvalue weighted by atomic mass is 9.99. The van der Waals surface area contributed by atoms with Crippen LogP contribution in [-0.4, -0.2) is 38.1 Å². The molecule has 0 spiro atoms. The van der Waals surface area contributed by atoms with Gasteiger partial charge in [0.1, 0.15) is 24.0 Å². The van der Waals surface area contributed by atoms with Gasteiger partial charge in [-0.3, -0.25) is 14.3 Å². The van der Waals surface area contributed by atoms with E-state index in [0.29, 0.717) is 0 Å². The Labute approximate surface area is 112 Å². The Morgan fingerprint density at radius 3 is 2.85 bits per heavy atom. The first-order valence-electron chi connectivity index (χ1n) is 5.67. The zero-order valence-corrected chi connectivity index (χ0v) is 10.2. The number of aliphatic hydroxyl groups is 2. The second-order valence-electron chi connectivity index (χ2n) is 4.34. The number of aliphatic hydroxyl groups excluding tert-OH is 2. The summed E-state index contributed by atoms with van der Waals surface area (Å²) in [5, 5.41) is 27.9. The van der Waals surface area contributed by atoms with Crippen molar-refractivity contribution in [1.82, 2.24) is 9.55 Å². The molecule has 1 aromatic rings. The topological polar surface area (TPSA) is 128 Å². The fourth-order valence-corrected chi connectivity index (χ4v) is 2.02. The molecule has 1 saturated heterocycles. The van der Waals surface area contributed by atoms with Gasteiger partial charge < -0.3 is 14.9 Å². The zero-order valence-electron chi connectivity index (χ0n) is 10.2. The average Bonchev–Trinajstić information content (AvgIpc) is 2.76. The van der Waals surface area contributed by atoms with Crippen LogP contribution < -0.4 is 11.2 Å². The minimum atomic E-state index is -1.60. The lowest BCUT2D eigenvalue weighted by molar-refractivity contribution is -0.0912. The van der Waals surface area contributed by atoms with E-state index in [1.54, 1.807) is 6.07 Å². The summed E-state index contributed by atoms with van der Waals surface area (Å²) in [5.74, 6) is 2.16. The molecule has 8 nitrogen and oxygen atoms in total. The Morgan fingerprint density at radius 2 is 2.35 bits per heavy atom. The van der Waals surface area contributed by atoms with E-state index in [-0.39, 0.29) is 12.0 Å². The Morgan fingerprint density at radius 1 is 1.65 bits per heavy atom. The molecule has 20 heavy (non-hydrogen) atoms. The average molecular weight is 277 g/mol. The first-order chi connectivity index (χ1) is 9.47. The molecule has 1 aliphatic rings. The number of hydrogen-bond donors (Lipinski definition) is 3. The van der Waals surface area contributed by atoms with E-state index in [0.717, 1.165) is 10.8 Å². The number of ether oxygens (including phenoxy) is 1. The summed E-state index contributed by atoms with van der Waals surface area (Å²) in [6, 6.07) is 1.64. The third kappa shape index (κ3) is 2.02. The number of hydrogen-bond acceptors (Lipinski definition) is 6. The smallest absolute Gasteiger partial charge is 0.330 e. The molecule has 0 bridgehead atoms. The van der Waals surface area contributed by atoms with E-state index in [1.807, 2.05) is 4.98 Å². The molecule has 104 valence electrons. The maximum atomic E-state index is 11.7. The lowest BCUT2D eigenvalue weighted by Gasteiger charge is -2.23. The number of H-pyrrole nitrogens is 1. The largest absolute Gasteiger partial charge is 0.392 e. The third-order valence-corrected chi connectivity index (χ3v) is 3.19. The van der Waals surface area contributed by atoms with Crippen molar-refractivity contribution in [3.05, 3.63) is 32.6 Å². The number of terminal acetylenes is 1. The highest BCUT2D eigenvalue weighted by atomic mass is 16.6. The zero-order chi connectivity index (χ0) is 14.9. The quantitative estimate of drug-likeness (QED) is 0.539. The molecule has 2 rings (SSSR count). The first-order valence-corrected chi connectivity index (χ1v) is 5.67. The van der Waals surface area contributed by atoms with Crippen LogP contribution in [0.25, 0.3) is 0 Å². The standard InChI is InChI=1S/C12H11N3O5/c1-2-12(6-16)8(17)3-9(20-12)15-5-7(4-13)10(18)14-11(15)19/h1,5,8-9,16-17H,3,6H2,(H,14,18,19)/t8-,9+,12+/m0/s1. The number of nitrogens with zero attached hydrogens (tertiary/aromatic N) is 2. The highest BCUT2D eigenvalue weighted by molar-refractivity contribution is 5.22. The van der Waals surface area contributed by atoms with Crippen molar-refractivity contribution in [2.45, 2.75) is 24.4 Å². The van der Waals surface area contributed by atoms with E-state index in [1.165, 1.54) is 0 Å². The molecule has 3 N–H and O–H groups in total. The third-order valence-electron chi connectivity index (χ3n) is 3.19. The molecule has 2 heterocycles. The minimum Gasteiger partial charge on any atom is -0.392 e. The van der Waals surface area contributed by atoms with Crippen LogP contribution >= 0.6 is 0 Å². The molecule has 0 radical (unpaired) electrons. The molecular weight excluding hydrogens is 266 g/mol. The number of aromatic nitrogens is 2. The molecule has 1 fully saturated rings. The fourth-order valence-electron chi connectivity index (χ4n) is 2.02. The second kappa shape index (κ2) is 4.94. The Kier molecular flexibility index (Phi) is 3.47. The van der Waals surface area contributed by atoms with Crippen molar-refractivity contribution < 1.29 is 14.9 Å². The molecular formula is C12H11N3O5. The fraction of sp³-hybridized carbons (Fsp3) is 0.417. The Balaban J connectivity index is 2.46. The Hall–Kier alpha value is -2.39. The Bertz CT molecular complexity index is 722. The van der Waals surface area contributed by atoms with Crippen LogP contribution in [0.4, 0.5) is 0 Å². The molecule has 8 heteroatoms. The van der Waals surface area contributed by atoms with Crippen molar-refractivity contribution >= 4 is 0 Å². The van der Waals surface area contributed by atoms with Gasteiger partial charge in [-0.1, -0.05) is 5.92 Å². The maximum Gasteiger partial charge on any atom is 0.330 e. The van der Waals surface area contributed by atoms with Gasteiger partial charge in [0.25, 0.3) is 5.56 Å². The van der Waals surface area contributed by atoms with Crippen LogP contribution in [0.2, 0.25) is 0 Å². The predicted molar refractivity (Wildman–Crippen MR) is 65.4 cm³/mol. The maximum absolute atomic E-state index is 11.7. The summed E-state index contributed by atoms with van der Waals surface area (Å²) in [6.07, 6.45) is 4.06. The number of nitriles is 1. The molecule has 0 aromatic carbocycles. The predicted octanol–water partition coefficient (Wildman–Crippen LogP) is -1.95. The van der Waals surface area contributed by atoms with Gasteiger partial charge in [0.15, 0.2) is 5.60 Å². The van der Waals surface area contributed by atoms with Crippen molar-refractivity contribution in [3.63, 3.8) is 0 Å².